The number of amides is 1. The number of para-hydroxylation sites is 1. The predicted octanol–water partition coefficient (Wildman–Crippen LogP) is 3.40. The van der Waals surface area contributed by atoms with E-state index in [1.54, 1.807) is 12.1 Å². The maximum absolute atomic E-state index is 12.2. The molecule has 1 amide bonds. The third kappa shape index (κ3) is 3.16. The van der Waals surface area contributed by atoms with E-state index in [0.29, 0.717) is 5.56 Å². The monoisotopic (exact) mass is 372 g/mol. The van der Waals surface area contributed by atoms with Gasteiger partial charge in [-0.3, -0.25) is 4.79 Å². The minimum absolute atomic E-state index is 0.161. The molecule has 23 heavy (non-hydrogen) atoms. The average Bonchev–Trinajstić information content (AvgIpc) is 2.90. The zero-order valence-corrected chi connectivity index (χ0v) is 14.2. The lowest BCUT2D eigenvalue weighted by molar-refractivity contribution is 0.0916. The van der Waals surface area contributed by atoms with E-state index in [-0.39, 0.29) is 12.5 Å². The van der Waals surface area contributed by atoms with E-state index in [2.05, 4.69) is 21.2 Å². The number of carbonyl (C=O) groups excluding carboxylic acids is 1. The van der Waals surface area contributed by atoms with Crippen LogP contribution in [0.3, 0.4) is 0 Å². The van der Waals surface area contributed by atoms with Gasteiger partial charge in [0.05, 0.1) is 11.7 Å². The molecule has 0 saturated carbocycles. The van der Waals surface area contributed by atoms with Crippen molar-refractivity contribution in [3.05, 3.63) is 70.3 Å². The lowest BCUT2D eigenvalue weighted by Gasteiger charge is -2.12. The number of halogens is 1. The van der Waals surface area contributed by atoms with Crippen molar-refractivity contribution in [1.82, 2.24) is 9.88 Å². The van der Waals surface area contributed by atoms with Gasteiger partial charge in [0.15, 0.2) is 0 Å². The van der Waals surface area contributed by atoms with Crippen LogP contribution in [0.25, 0.3) is 10.9 Å². The Labute approximate surface area is 142 Å². The molecule has 3 rings (SSSR count). The summed E-state index contributed by atoms with van der Waals surface area (Å²) in [4.78, 5) is 12.2. The fourth-order valence-corrected chi connectivity index (χ4v) is 3.14. The van der Waals surface area contributed by atoms with Gasteiger partial charge in [0.25, 0.3) is 5.91 Å². The lowest BCUT2D eigenvalue weighted by Crippen LogP contribution is -2.28. The summed E-state index contributed by atoms with van der Waals surface area (Å²) in [5.41, 5.74) is 2.42. The average molecular weight is 373 g/mol. The maximum atomic E-state index is 12.2. The minimum atomic E-state index is -0.757. The van der Waals surface area contributed by atoms with Crippen molar-refractivity contribution >= 4 is 32.7 Å². The van der Waals surface area contributed by atoms with Crippen LogP contribution < -0.4 is 5.32 Å². The van der Waals surface area contributed by atoms with Crippen LogP contribution in [-0.4, -0.2) is 22.1 Å². The Hall–Kier alpha value is -2.11. The minimum Gasteiger partial charge on any atom is -0.386 e. The van der Waals surface area contributed by atoms with E-state index in [0.717, 1.165) is 20.9 Å². The van der Waals surface area contributed by atoms with Crippen LogP contribution in [-0.2, 0) is 7.05 Å². The van der Waals surface area contributed by atoms with Gasteiger partial charge in [0, 0.05) is 40.7 Å². The zero-order valence-electron chi connectivity index (χ0n) is 12.7. The molecule has 3 aromatic rings. The quantitative estimate of drug-likeness (QED) is 0.737. The number of aliphatic hydroxyl groups excluding tert-OH is 1. The fourth-order valence-electron chi connectivity index (χ4n) is 2.68. The lowest BCUT2D eigenvalue weighted by atomic mass is 10.1. The first-order chi connectivity index (χ1) is 11.1. The van der Waals surface area contributed by atoms with Crippen molar-refractivity contribution in [1.29, 1.82) is 0 Å². The number of fused-ring (bicyclic) bond motifs is 1. The summed E-state index contributed by atoms with van der Waals surface area (Å²) in [5, 5.41) is 14.2. The van der Waals surface area contributed by atoms with Gasteiger partial charge in [0.1, 0.15) is 0 Å². The summed E-state index contributed by atoms with van der Waals surface area (Å²) in [6, 6.07) is 15.1. The van der Waals surface area contributed by atoms with Crippen LogP contribution in [0.4, 0.5) is 0 Å². The first kappa shape index (κ1) is 15.8. The molecular formula is C18H17BrN2O2. The molecule has 0 spiro atoms. The van der Waals surface area contributed by atoms with Gasteiger partial charge in [-0.25, -0.2) is 0 Å². The second-order valence-corrected chi connectivity index (χ2v) is 6.27. The standard InChI is InChI=1S/C18H17BrN2O2/c1-21-11-14(12-6-3-5-9-16(12)21)17(22)10-20-18(23)13-7-2-4-8-15(13)19/h2-9,11,17,22H,10H2,1H3,(H,20,23). The molecule has 118 valence electrons. The van der Waals surface area contributed by atoms with Gasteiger partial charge in [-0.1, -0.05) is 30.3 Å². The molecule has 1 aromatic heterocycles. The number of carbonyl (C=O) groups is 1. The third-order valence-corrected chi connectivity index (χ3v) is 4.55. The number of benzene rings is 2. The number of nitrogens with zero attached hydrogens (tertiary/aromatic N) is 1. The molecule has 0 fully saturated rings. The van der Waals surface area contributed by atoms with E-state index in [1.165, 1.54) is 0 Å². The summed E-state index contributed by atoms with van der Waals surface area (Å²) in [5.74, 6) is -0.211. The Bertz CT molecular complexity index is 857. The molecule has 0 aliphatic rings. The van der Waals surface area contributed by atoms with Crippen molar-refractivity contribution in [3.63, 3.8) is 0 Å². The van der Waals surface area contributed by atoms with Crippen LogP contribution in [0.15, 0.2) is 59.2 Å². The van der Waals surface area contributed by atoms with Gasteiger partial charge in [-0.05, 0) is 34.1 Å². The zero-order chi connectivity index (χ0) is 16.4. The molecule has 1 heterocycles. The van der Waals surface area contributed by atoms with Crippen molar-refractivity contribution in [2.75, 3.05) is 6.54 Å². The molecule has 0 aliphatic carbocycles. The molecule has 2 N–H and O–H groups in total. The predicted molar refractivity (Wildman–Crippen MR) is 94.4 cm³/mol. The van der Waals surface area contributed by atoms with Crippen molar-refractivity contribution in [2.45, 2.75) is 6.10 Å². The van der Waals surface area contributed by atoms with Crippen molar-refractivity contribution in [3.8, 4) is 0 Å². The fraction of sp³-hybridized carbons (Fsp3) is 0.167. The molecular weight excluding hydrogens is 356 g/mol. The smallest absolute Gasteiger partial charge is 0.252 e. The molecule has 1 unspecified atom stereocenters. The molecule has 2 aromatic carbocycles. The second-order valence-electron chi connectivity index (χ2n) is 5.42. The van der Waals surface area contributed by atoms with Crippen LogP contribution in [0.2, 0.25) is 0 Å². The maximum Gasteiger partial charge on any atom is 0.252 e. The van der Waals surface area contributed by atoms with Crippen LogP contribution >= 0.6 is 15.9 Å². The topological polar surface area (TPSA) is 54.3 Å². The van der Waals surface area contributed by atoms with Crippen LogP contribution in [0, 0.1) is 0 Å². The summed E-state index contributed by atoms with van der Waals surface area (Å²) >= 11 is 3.36. The summed E-state index contributed by atoms with van der Waals surface area (Å²) in [7, 11) is 1.94. The number of hydrogen-bond donors (Lipinski definition) is 2. The number of hydrogen-bond acceptors (Lipinski definition) is 2. The summed E-state index contributed by atoms with van der Waals surface area (Å²) in [6.07, 6.45) is 1.15. The van der Waals surface area contributed by atoms with Gasteiger partial charge >= 0.3 is 0 Å². The number of aliphatic hydroxyl groups is 1. The normalized spacial score (nSPS) is 12.3. The van der Waals surface area contributed by atoms with E-state index in [1.807, 2.05) is 54.2 Å². The van der Waals surface area contributed by atoms with Gasteiger partial charge in [0.2, 0.25) is 0 Å². The van der Waals surface area contributed by atoms with Gasteiger partial charge in [-0.15, -0.1) is 0 Å². The molecule has 0 saturated heterocycles. The highest BCUT2D eigenvalue weighted by molar-refractivity contribution is 9.10. The molecule has 5 heteroatoms. The SMILES string of the molecule is Cn1cc(C(O)CNC(=O)c2ccccc2Br)c2ccccc21. The largest absolute Gasteiger partial charge is 0.386 e. The van der Waals surface area contributed by atoms with Crippen molar-refractivity contribution < 1.29 is 9.90 Å². The highest BCUT2D eigenvalue weighted by Gasteiger charge is 2.16. The Morgan fingerprint density at radius 3 is 2.70 bits per heavy atom. The Morgan fingerprint density at radius 2 is 1.91 bits per heavy atom. The van der Waals surface area contributed by atoms with E-state index < -0.39 is 6.10 Å². The molecule has 4 nitrogen and oxygen atoms in total. The molecule has 1 atom stereocenters. The van der Waals surface area contributed by atoms with E-state index >= 15 is 0 Å². The van der Waals surface area contributed by atoms with Gasteiger partial charge in [-0.2, -0.15) is 0 Å². The Balaban J connectivity index is 1.75. The summed E-state index contributed by atoms with van der Waals surface area (Å²) in [6.45, 7) is 0.161. The highest BCUT2D eigenvalue weighted by Crippen LogP contribution is 2.25. The molecule has 0 aliphatic heterocycles. The number of aryl methyl sites for hydroxylation is 1. The van der Waals surface area contributed by atoms with Gasteiger partial charge < -0.3 is 15.0 Å². The first-order valence-electron chi connectivity index (χ1n) is 7.32. The first-order valence-corrected chi connectivity index (χ1v) is 8.12. The van der Waals surface area contributed by atoms with Crippen LogP contribution in [0.1, 0.15) is 22.0 Å². The Morgan fingerprint density at radius 1 is 1.22 bits per heavy atom. The van der Waals surface area contributed by atoms with Crippen molar-refractivity contribution in [2.24, 2.45) is 7.05 Å². The number of aromatic nitrogens is 1. The third-order valence-electron chi connectivity index (χ3n) is 3.86. The highest BCUT2D eigenvalue weighted by atomic mass is 79.9. The number of rotatable bonds is 4. The summed E-state index contributed by atoms with van der Waals surface area (Å²) < 4.78 is 2.71. The Kier molecular flexibility index (Phi) is 4.50. The second kappa shape index (κ2) is 6.56. The van der Waals surface area contributed by atoms with E-state index in [4.69, 9.17) is 0 Å². The van der Waals surface area contributed by atoms with Crippen LogP contribution in [0.5, 0.6) is 0 Å². The van der Waals surface area contributed by atoms with E-state index in [9.17, 15) is 9.90 Å². The molecule has 0 bridgehead atoms. The molecule has 0 radical (unpaired) electrons. The number of nitrogens with one attached hydrogen (secondary N) is 1.